The Morgan fingerprint density at radius 3 is 2.00 bits per heavy atom. The molecule has 0 bridgehead atoms. The lowest BCUT2D eigenvalue weighted by Crippen LogP contribution is -2.44. The van der Waals surface area contributed by atoms with E-state index in [2.05, 4.69) is 10.0 Å². The van der Waals surface area contributed by atoms with Crippen molar-refractivity contribution in [3.63, 3.8) is 0 Å². The Hall–Kier alpha value is -2.91. The summed E-state index contributed by atoms with van der Waals surface area (Å²) in [5.41, 5.74) is 0.693. The number of phenols is 1. The van der Waals surface area contributed by atoms with Gasteiger partial charge in [-0.1, -0.05) is 13.8 Å². The van der Waals surface area contributed by atoms with Gasteiger partial charge in [-0.25, -0.2) is 8.42 Å². The van der Waals surface area contributed by atoms with Crippen LogP contribution in [0, 0.1) is 5.92 Å². The zero-order valence-electron chi connectivity index (χ0n) is 14.7. The lowest BCUT2D eigenvalue weighted by atomic mass is 10.1. The number of amides is 1. The van der Waals surface area contributed by atoms with E-state index in [1.165, 1.54) is 48.5 Å². The Morgan fingerprint density at radius 1 is 0.963 bits per heavy atom. The van der Waals surface area contributed by atoms with Crippen molar-refractivity contribution < 1.29 is 28.2 Å². The maximum absolute atomic E-state index is 12.4. The van der Waals surface area contributed by atoms with Crippen molar-refractivity contribution in [1.29, 1.82) is 0 Å². The lowest BCUT2D eigenvalue weighted by Gasteiger charge is -2.18. The van der Waals surface area contributed by atoms with Crippen LogP contribution in [0.15, 0.2) is 53.4 Å². The largest absolute Gasteiger partial charge is 0.508 e. The molecule has 0 aliphatic heterocycles. The molecular formula is C18H20N2O6S. The molecule has 0 saturated carbocycles. The van der Waals surface area contributed by atoms with Crippen LogP contribution in [-0.4, -0.2) is 36.5 Å². The van der Waals surface area contributed by atoms with E-state index >= 15 is 0 Å². The van der Waals surface area contributed by atoms with Crippen LogP contribution in [-0.2, 0) is 14.8 Å². The Balaban J connectivity index is 2.12. The number of aliphatic carboxylic acids is 1. The van der Waals surface area contributed by atoms with Gasteiger partial charge < -0.3 is 15.5 Å². The number of aromatic hydroxyl groups is 1. The van der Waals surface area contributed by atoms with Gasteiger partial charge >= 0.3 is 5.97 Å². The molecule has 9 heteroatoms. The summed E-state index contributed by atoms with van der Waals surface area (Å²) in [7, 11) is -4.02. The topological polar surface area (TPSA) is 133 Å². The Labute approximate surface area is 156 Å². The van der Waals surface area contributed by atoms with E-state index in [0.29, 0.717) is 11.3 Å². The second-order valence-electron chi connectivity index (χ2n) is 6.21. The number of nitrogens with one attached hydrogen (secondary N) is 2. The minimum atomic E-state index is -4.02. The third-order valence-electron chi connectivity index (χ3n) is 3.77. The number of sulfonamides is 1. The van der Waals surface area contributed by atoms with E-state index in [4.69, 9.17) is 5.11 Å². The van der Waals surface area contributed by atoms with Crippen molar-refractivity contribution in [3.8, 4) is 5.75 Å². The predicted molar refractivity (Wildman–Crippen MR) is 99.1 cm³/mol. The van der Waals surface area contributed by atoms with Gasteiger partial charge in [-0.15, -0.1) is 0 Å². The lowest BCUT2D eigenvalue weighted by molar-refractivity contribution is -0.140. The van der Waals surface area contributed by atoms with Crippen LogP contribution >= 0.6 is 0 Å². The molecule has 0 aliphatic carbocycles. The van der Waals surface area contributed by atoms with Gasteiger partial charge in [0.25, 0.3) is 5.91 Å². The van der Waals surface area contributed by atoms with Gasteiger partial charge in [0.05, 0.1) is 4.90 Å². The van der Waals surface area contributed by atoms with E-state index in [1.54, 1.807) is 13.8 Å². The minimum Gasteiger partial charge on any atom is -0.508 e. The second-order valence-corrected chi connectivity index (χ2v) is 7.92. The monoisotopic (exact) mass is 392 g/mol. The number of hydrogen-bond acceptors (Lipinski definition) is 5. The van der Waals surface area contributed by atoms with Crippen molar-refractivity contribution in [2.75, 3.05) is 5.32 Å². The first-order valence-electron chi connectivity index (χ1n) is 8.06. The van der Waals surface area contributed by atoms with Crippen LogP contribution in [0.4, 0.5) is 5.69 Å². The molecule has 1 amide bonds. The van der Waals surface area contributed by atoms with Gasteiger partial charge in [-0.2, -0.15) is 4.72 Å². The SMILES string of the molecule is CC(C)[C@@H](NS(=O)(=O)c1ccc(NC(=O)c2ccc(O)cc2)cc1)C(=O)O. The second kappa shape index (κ2) is 8.19. The van der Waals surface area contributed by atoms with Crippen molar-refractivity contribution in [3.05, 3.63) is 54.1 Å². The van der Waals surface area contributed by atoms with Crippen LogP contribution in [0.1, 0.15) is 24.2 Å². The minimum absolute atomic E-state index is 0.0367. The quantitative estimate of drug-likeness (QED) is 0.570. The zero-order valence-corrected chi connectivity index (χ0v) is 15.5. The third-order valence-corrected chi connectivity index (χ3v) is 5.22. The summed E-state index contributed by atoms with van der Waals surface area (Å²) in [6.45, 7) is 3.20. The number of hydrogen-bond donors (Lipinski definition) is 4. The van der Waals surface area contributed by atoms with Crippen LogP contribution in [0.25, 0.3) is 0 Å². The molecule has 0 spiro atoms. The highest BCUT2D eigenvalue weighted by Crippen LogP contribution is 2.17. The standard InChI is InChI=1S/C18H20N2O6S/c1-11(2)16(18(23)24)20-27(25,26)15-9-5-13(6-10-15)19-17(22)12-3-7-14(21)8-4-12/h3-11,16,20-21H,1-2H3,(H,19,22)(H,23,24)/t16-/m1/s1. The van der Waals surface area contributed by atoms with Crippen LogP contribution < -0.4 is 10.0 Å². The molecule has 0 aromatic heterocycles. The first-order valence-corrected chi connectivity index (χ1v) is 9.54. The summed E-state index contributed by atoms with van der Waals surface area (Å²) in [4.78, 5) is 23.2. The Bertz CT molecular complexity index is 921. The molecule has 4 N–H and O–H groups in total. The number of rotatable bonds is 7. The molecular weight excluding hydrogens is 372 g/mol. The van der Waals surface area contributed by atoms with Gasteiger partial charge in [0, 0.05) is 11.3 Å². The van der Waals surface area contributed by atoms with Crippen molar-refractivity contribution in [1.82, 2.24) is 4.72 Å². The van der Waals surface area contributed by atoms with Crippen LogP contribution in [0.2, 0.25) is 0 Å². The number of carboxylic acids is 1. The van der Waals surface area contributed by atoms with Crippen molar-refractivity contribution >= 4 is 27.6 Å². The summed E-state index contributed by atoms with van der Waals surface area (Å²) in [5, 5.41) is 21.0. The fraction of sp³-hybridized carbons (Fsp3) is 0.222. The molecule has 0 radical (unpaired) electrons. The molecule has 2 rings (SSSR count). The highest BCUT2D eigenvalue weighted by atomic mass is 32.2. The molecule has 1 atom stereocenters. The Kier molecular flexibility index (Phi) is 6.19. The fourth-order valence-corrected chi connectivity index (χ4v) is 3.58. The summed E-state index contributed by atoms with van der Waals surface area (Å²) < 4.78 is 26.9. The molecule has 8 nitrogen and oxygen atoms in total. The van der Waals surface area contributed by atoms with E-state index < -0.39 is 33.9 Å². The molecule has 0 saturated heterocycles. The number of benzene rings is 2. The number of carbonyl (C=O) groups excluding carboxylic acids is 1. The van der Waals surface area contributed by atoms with E-state index in [-0.39, 0.29) is 10.6 Å². The van der Waals surface area contributed by atoms with Gasteiger partial charge in [0.2, 0.25) is 10.0 Å². The maximum atomic E-state index is 12.4. The molecule has 0 fully saturated rings. The normalized spacial score (nSPS) is 12.6. The molecule has 2 aromatic carbocycles. The predicted octanol–water partition coefficient (Wildman–Crippen LogP) is 2.03. The first-order chi connectivity index (χ1) is 12.6. The smallest absolute Gasteiger partial charge is 0.322 e. The van der Waals surface area contributed by atoms with Gasteiger partial charge in [-0.3, -0.25) is 9.59 Å². The van der Waals surface area contributed by atoms with E-state index in [1.807, 2.05) is 0 Å². The average molecular weight is 392 g/mol. The molecule has 144 valence electrons. The summed E-state index contributed by atoms with van der Waals surface area (Å²) >= 11 is 0. The molecule has 27 heavy (non-hydrogen) atoms. The number of carbonyl (C=O) groups is 2. The summed E-state index contributed by atoms with van der Waals surface area (Å²) in [6, 6.07) is 9.76. The summed E-state index contributed by atoms with van der Waals surface area (Å²) in [5.74, 6) is -2.07. The number of anilines is 1. The third kappa shape index (κ3) is 5.28. The summed E-state index contributed by atoms with van der Waals surface area (Å²) in [6.07, 6.45) is 0. The van der Waals surface area contributed by atoms with Crippen molar-refractivity contribution in [2.24, 2.45) is 5.92 Å². The van der Waals surface area contributed by atoms with Gasteiger partial charge in [0.1, 0.15) is 11.8 Å². The maximum Gasteiger partial charge on any atom is 0.322 e. The van der Waals surface area contributed by atoms with E-state index in [9.17, 15) is 23.1 Å². The van der Waals surface area contributed by atoms with Gasteiger partial charge in [0.15, 0.2) is 0 Å². The number of phenolic OH excluding ortho intramolecular Hbond substituents is 1. The highest BCUT2D eigenvalue weighted by Gasteiger charge is 2.27. The molecule has 0 heterocycles. The highest BCUT2D eigenvalue weighted by molar-refractivity contribution is 7.89. The first kappa shape index (κ1) is 20.4. The molecule has 2 aromatic rings. The molecule has 0 aliphatic rings. The zero-order chi connectivity index (χ0) is 20.2. The fourth-order valence-electron chi connectivity index (χ4n) is 2.24. The van der Waals surface area contributed by atoms with Crippen LogP contribution in [0.5, 0.6) is 5.75 Å². The van der Waals surface area contributed by atoms with Gasteiger partial charge in [-0.05, 0) is 54.4 Å². The number of carboxylic acid groups (broad SMARTS) is 1. The molecule has 0 unspecified atom stereocenters. The van der Waals surface area contributed by atoms with Crippen LogP contribution in [0.3, 0.4) is 0 Å². The van der Waals surface area contributed by atoms with E-state index in [0.717, 1.165) is 0 Å². The van der Waals surface area contributed by atoms with Crippen molar-refractivity contribution in [2.45, 2.75) is 24.8 Å². The Morgan fingerprint density at radius 2 is 1.52 bits per heavy atom. The average Bonchev–Trinajstić information content (AvgIpc) is 2.60.